The van der Waals surface area contributed by atoms with E-state index >= 15 is 0 Å². The van der Waals surface area contributed by atoms with Gasteiger partial charge in [-0.2, -0.15) is 0 Å². The molecule has 0 radical (unpaired) electrons. The minimum Gasteiger partial charge on any atom is -0.481 e. The maximum atomic E-state index is 12.7. The maximum absolute atomic E-state index is 12.7. The molecule has 7 nitrogen and oxygen atoms in total. The molecule has 3 rings (SSSR count). The van der Waals surface area contributed by atoms with Gasteiger partial charge in [-0.25, -0.2) is 8.42 Å². The van der Waals surface area contributed by atoms with Gasteiger partial charge in [0.25, 0.3) is 5.91 Å². The molecule has 1 aromatic heterocycles. The topological polar surface area (TPSA) is 105 Å². The van der Waals surface area contributed by atoms with Crippen molar-refractivity contribution in [3.63, 3.8) is 0 Å². The largest absolute Gasteiger partial charge is 0.481 e. The molecular weight excluding hydrogens is 358 g/mol. The van der Waals surface area contributed by atoms with Crippen molar-refractivity contribution >= 4 is 21.7 Å². The number of carbonyl (C=O) groups is 2. The monoisotopic (exact) mass is 377 g/mol. The summed E-state index contributed by atoms with van der Waals surface area (Å²) in [4.78, 5) is 25.5. The molecule has 0 spiro atoms. The van der Waals surface area contributed by atoms with E-state index in [1.807, 2.05) is 0 Å². The van der Waals surface area contributed by atoms with Crippen molar-refractivity contribution in [2.45, 2.75) is 17.6 Å². The summed E-state index contributed by atoms with van der Waals surface area (Å²) < 4.78 is 30.3. The molecule has 0 aliphatic carbocycles. The number of carboxylic acid groups (broad SMARTS) is 1. The highest BCUT2D eigenvalue weighted by Crippen LogP contribution is 2.27. The average Bonchev–Trinajstić information content (AvgIpc) is 3.21. The van der Waals surface area contributed by atoms with Crippen LogP contribution in [0.25, 0.3) is 0 Å². The molecule has 0 bridgehead atoms. The lowest BCUT2D eigenvalue weighted by Gasteiger charge is -2.15. The van der Waals surface area contributed by atoms with Crippen LogP contribution >= 0.6 is 0 Å². The van der Waals surface area contributed by atoms with Crippen molar-refractivity contribution in [1.29, 1.82) is 0 Å². The number of carbonyl (C=O) groups excluding carboxylic acids is 1. The van der Waals surface area contributed by atoms with Crippen LogP contribution in [0.3, 0.4) is 0 Å². The third-order valence-corrected chi connectivity index (χ3v) is 6.29. The van der Waals surface area contributed by atoms with E-state index in [1.54, 1.807) is 25.1 Å². The van der Waals surface area contributed by atoms with Crippen LogP contribution in [0.2, 0.25) is 0 Å². The number of rotatable bonds is 5. The summed E-state index contributed by atoms with van der Waals surface area (Å²) in [6.45, 7) is 2.15. The number of benzene rings is 1. The van der Waals surface area contributed by atoms with Crippen molar-refractivity contribution in [2.24, 2.45) is 11.8 Å². The number of amides is 1. The molecule has 1 fully saturated rings. The molecule has 1 amide bonds. The Labute approximate surface area is 151 Å². The van der Waals surface area contributed by atoms with Crippen molar-refractivity contribution < 1.29 is 27.5 Å². The molecule has 8 heteroatoms. The molecule has 1 aliphatic heterocycles. The third kappa shape index (κ3) is 3.50. The summed E-state index contributed by atoms with van der Waals surface area (Å²) >= 11 is 0. The first-order valence-electron chi connectivity index (χ1n) is 8.16. The Bertz CT molecular complexity index is 918. The van der Waals surface area contributed by atoms with Crippen molar-refractivity contribution in [1.82, 2.24) is 4.90 Å². The van der Waals surface area contributed by atoms with Crippen LogP contribution in [0.5, 0.6) is 0 Å². The van der Waals surface area contributed by atoms with Crippen LogP contribution in [-0.2, 0) is 20.4 Å². The Morgan fingerprint density at radius 1 is 1.19 bits per heavy atom. The normalized spacial score (nSPS) is 20.3. The molecule has 1 N–H and O–H groups in total. The predicted octanol–water partition coefficient (Wildman–Crippen LogP) is 2.05. The van der Waals surface area contributed by atoms with Gasteiger partial charge >= 0.3 is 5.97 Å². The summed E-state index contributed by atoms with van der Waals surface area (Å²) in [6, 6.07) is 9.44. The zero-order chi connectivity index (χ0) is 18.9. The molecule has 1 aromatic carbocycles. The first-order valence-corrected chi connectivity index (χ1v) is 9.81. The van der Waals surface area contributed by atoms with E-state index in [0.29, 0.717) is 6.54 Å². The summed E-state index contributed by atoms with van der Waals surface area (Å²) in [5.74, 6) is -2.65. The second-order valence-electron chi connectivity index (χ2n) is 6.48. The van der Waals surface area contributed by atoms with Crippen LogP contribution < -0.4 is 0 Å². The molecule has 0 saturated carbocycles. The number of furan rings is 1. The van der Waals surface area contributed by atoms with Crippen LogP contribution in [0.1, 0.15) is 23.0 Å². The van der Waals surface area contributed by atoms with Gasteiger partial charge in [0.15, 0.2) is 15.6 Å². The van der Waals surface area contributed by atoms with Crippen LogP contribution in [0.4, 0.5) is 0 Å². The van der Waals surface area contributed by atoms with E-state index in [1.165, 1.54) is 29.4 Å². The Hall–Kier alpha value is -2.61. The second kappa shape index (κ2) is 6.95. The smallest absolute Gasteiger partial charge is 0.308 e. The number of hydrogen-bond acceptors (Lipinski definition) is 5. The minimum atomic E-state index is -3.62. The quantitative estimate of drug-likeness (QED) is 0.855. The maximum Gasteiger partial charge on any atom is 0.308 e. The van der Waals surface area contributed by atoms with Crippen LogP contribution in [-0.4, -0.2) is 43.4 Å². The lowest BCUT2D eigenvalue weighted by molar-refractivity contribution is -0.142. The number of nitrogens with zero attached hydrogens (tertiary/aromatic N) is 1. The molecule has 26 heavy (non-hydrogen) atoms. The van der Waals surface area contributed by atoms with Gasteiger partial charge in [0.05, 0.1) is 22.8 Å². The van der Waals surface area contributed by atoms with Gasteiger partial charge in [0.2, 0.25) is 0 Å². The fourth-order valence-corrected chi connectivity index (χ4v) is 4.53. The number of carboxylic acids is 1. The van der Waals surface area contributed by atoms with Crippen LogP contribution in [0, 0.1) is 11.8 Å². The average molecular weight is 377 g/mol. The van der Waals surface area contributed by atoms with E-state index < -0.39 is 27.6 Å². The number of aliphatic carboxylic acids is 1. The lowest BCUT2D eigenvalue weighted by atomic mass is 9.99. The van der Waals surface area contributed by atoms with Crippen molar-refractivity contribution in [3.8, 4) is 0 Å². The molecule has 1 aliphatic rings. The standard InChI is InChI=1S/C18H19NO6S/c1-12-9-19(10-15(12)18(21)22)17(20)16-13(7-8-25-16)11-26(23,24)14-5-3-2-4-6-14/h2-8,12,15H,9-11H2,1H3,(H,21,22)/t12-,15-/m1/s1. The van der Waals surface area contributed by atoms with E-state index in [0.717, 1.165) is 0 Å². The van der Waals surface area contributed by atoms with E-state index in [9.17, 15) is 23.1 Å². The fraction of sp³-hybridized carbons (Fsp3) is 0.333. The Morgan fingerprint density at radius 2 is 1.88 bits per heavy atom. The second-order valence-corrected chi connectivity index (χ2v) is 8.47. The lowest BCUT2D eigenvalue weighted by Crippen LogP contribution is -2.30. The van der Waals surface area contributed by atoms with Gasteiger partial charge < -0.3 is 14.4 Å². The van der Waals surface area contributed by atoms with E-state index in [4.69, 9.17) is 4.42 Å². The zero-order valence-electron chi connectivity index (χ0n) is 14.2. The van der Waals surface area contributed by atoms with Gasteiger partial charge in [-0.15, -0.1) is 0 Å². The van der Waals surface area contributed by atoms with Gasteiger partial charge in [-0.05, 0) is 24.1 Å². The summed E-state index contributed by atoms with van der Waals surface area (Å²) in [7, 11) is -3.62. The van der Waals surface area contributed by atoms with Crippen molar-refractivity contribution in [3.05, 3.63) is 54.0 Å². The summed E-state index contributed by atoms with van der Waals surface area (Å²) in [5, 5.41) is 9.21. The highest BCUT2D eigenvalue weighted by molar-refractivity contribution is 7.90. The molecule has 2 atom stereocenters. The number of hydrogen-bond donors (Lipinski definition) is 1. The Morgan fingerprint density at radius 3 is 2.50 bits per heavy atom. The first-order chi connectivity index (χ1) is 12.3. The zero-order valence-corrected chi connectivity index (χ0v) is 15.0. The third-order valence-electron chi connectivity index (χ3n) is 4.61. The summed E-state index contributed by atoms with van der Waals surface area (Å²) in [5.41, 5.74) is 0.269. The van der Waals surface area contributed by atoms with Crippen molar-refractivity contribution in [2.75, 3.05) is 13.1 Å². The number of likely N-dealkylation sites (tertiary alicyclic amines) is 1. The molecule has 2 aromatic rings. The molecule has 138 valence electrons. The van der Waals surface area contributed by atoms with E-state index in [-0.39, 0.29) is 34.4 Å². The predicted molar refractivity (Wildman–Crippen MR) is 92.2 cm³/mol. The van der Waals surface area contributed by atoms with E-state index in [2.05, 4.69) is 0 Å². The SMILES string of the molecule is C[C@@H]1CN(C(=O)c2occc2CS(=O)(=O)c2ccccc2)C[C@H]1C(=O)O. The Kier molecular flexibility index (Phi) is 4.86. The van der Waals surface area contributed by atoms with Gasteiger partial charge in [-0.1, -0.05) is 25.1 Å². The van der Waals surface area contributed by atoms with Crippen LogP contribution in [0.15, 0.2) is 52.0 Å². The molecule has 0 unspecified atom stereocenters. The van der Waals surface area contributed by atoms with Gasteiger partial charge in [0, 0.05) is 18.7 Å². The first kappa shape index (κ1) is 18.2. The fourth-order valence-electron chi connectivity index (χ4n) is 3.15. The highest BCUT2D eigenvalue weighted by Gasteiger charge is 2.38. The summed E-state index contributed by atoms with van der Waals surface area (Å²) in [6.07, 6.45) is 1.28. The Balaban J connectivity index is 1.81. The molecular formula is C18H19NO6S. The highest BCUT2D eigenvalue weighted by atomic mass is 32.2. The molecule has 2 heterocycles. The number of sulfone groups is 1. The minimum absolute atomic E-state index is 0.0530. The molecule has 1 saturated heterocycles. The van der Waals surface area contributed by atoms with Gasteiger partial charge in [-0.3, -0.25) is 9.59 Å². The van der Waals surface area contributed by atoms with Gasteiger partial charge in [0.1, 0.15) is 0 Å².